The molecule has 0 radical (unpaired) electrons. The molecule has 0 bridgehead atoms. The summed E-state index contributed by atoms with van der Waals surface area (Å²) in [6, 6.07) is 24.5. The Hall–Kier alpha value is -3.10. The smallest absolute Gasteiger partial charge is 0.0464 e. The fourth-order valence-corrected chi connectivity index (χ4v) is 4.41. The molecule has 2 nitrogen and oxygen atoms in total. The second kappa shape index (κ2) is 7.06. The van der Waals surface area contributed by atoms with Gasteiger partial charge >= 0.3 is 0 Å². The second-order valence-electron chi connectivity index (χ2n) is 8.23. The molecule has 5 rings (SSSR count). The van der Waals surface area contributed by atoms with E-state index in [1.54, 1.807) is 0 Å². The average Bonchev–Trinajstić information content (AvgIpc) is 3.07. The Morgan fingerprint density at radius 3 is 2.00 bits per heavy atom. The van der Waals surface area contributed by atoms with E-state index in [-0.39, 0.29) is 6.04 Å². The monoisotopic (exact) mass is 378 g/mol. The average molecular weight is 379 g/mol. The first-order chi connectivity index (χ1) is 14.1. The zero-order valence-corrected chi connectivity index (χ0v) is 17.0. The Bertz CT molecular complexity index is 1070. The van der Waals surface area contributed by atoms with Gasteiger partial charge in [-0.25, -0.2) is 0 Å². The minimum atomic E-state index is 0.152. The Labute approximate surface area is 173 Å². The normalized spacial score (nSPS) is 17.3. The third-order valence-electron chi connectivity index (χ3n) is 5.96. The van der Waals surface area contributed by atoms with Crippen molar-refractivity contribution >= 4 is 22.6 Å². The van der Waals surface area contributed by atoms with Crippen molar-refractivity contribution in [3.05, 3.63) is 107 Å². The van der Waals surface area contributed by atoms with E-state index < -0.39 is 0 Å². The van der Waals surface area contributed by atoms with Crippen LogP contribution in [0.4, 0.5) is 17.1 Å². The SMILES string of the molecule is Cc1ccc(N(c2ccc(C)cc2)c2ccc3c(c2)CC2=CC(N)CC=C23)cc1. The number of hydrogen-bond donors (Lipinski definition) is 1. The van der Waals surface area contributed by atoms with Gasteiger partial charge in [-0.05, 0) is 85.4 Å². The van der Waals surface area contributed by atoms with Gasteiger partial charge in [0.25, 0.3) is 0 Å². The molecular weight excluding hydrogens is 352 g/mol. The van der Waals surface area contributed by atoms with Crippen molar-refractivity contribution in [1.29, 1.82) is 0 Å². The van der Waals surface area contributed by atoms with Crippen LogP contribution < -0.4 is 10.6 Å². The Kier molecular flexibility index (Phi) is 4.37. The van der Waals surface area contributed by atoms with Crippen molar-refractivity contribution in [3.8, 4) is 0 Å². The van der Waals surface area contributed by atoms with Gasteiger partial charge in [0.15, 0.2) is 0 Å². The Morgan fingerprint density at radius 2 is 1.38 bits per heavy atom. The van der Waals surface area contributed by atoms with E-state index in [4.69, 9.17) is 5.73 Å². The summed E-state index contributed by atoms with van der Waals surface area (Å²) in [7, 11) is 0. The summed E-state index contributed by atoms with van der Waals surface area (Å²) in [5.41, 5.74) is 17.7. The number of aryl methyl sites for hydroxylation is 2. The van der Waals surface area contributed by atoms with Crippen molar-refractivity contribution in [2.75, 3.05) is 4.90 Å². The lowest BCUT2D eigenvalue weighted by atomic mass is 9.95. The summed E-state index contributed by atoms with van der Waals surface area (Å²) in [5, 5.41) is 0. The summed E-state index contributed by atoms with van der Waals surface area (Å²) in [6.45, 7) is 4.26. The van der Waals surface area contributed by atoms with E-state index in [9.17, 15) is 0 Å². The predicted molar refractivity (Wildman–Crippen MR) is 123 cm³/mol. The van der Waals surface area contributed by atoms with Crippen LogP contribution in [0, 0.1) is 13.8 Å². The molecule has 1 unspecified atom stereocenters. The molecule has 0 saturated heterocycles. The maximum atomic E-state index is 6.15. The van der Waals surface area contributed by atoms with Crippen LogP contribution in [0.1, 0.15) is 28.7 Å². The lowest BCUT2D eigenvalue weighted by molar-refractivity contribution is 0.818. The summed E-state index contributed by atoms with van der Waals surface area (Å²) >= 11 is 0. The van der Waals surface area contributed by atoms with Crippen LogP contribution in [0.5, 0.6) is 0 Å². The van der Waals surface area contributed by atoms with Crippen LogP contribution in [0.15, 0.2) is 84.5 Å². The summed E-state index contributed by atoms with van der Waals surface area (Å²) in [6.07, 6.45) is 6.45. The molecule has 2 aliphatic carbocycles. The van der Waals surface area contributed by atoms with Crippen LogP contribution in [0.2, 0.25) is 0 Å². The lowest BCUT2D eigenvalue weighted by Crippen LogP contribution is -2.18. The van der Waals surface area contributed by atoms with Gasteiger partial charge in [0, 0.05) is 23.1 Å². The van der Waals surface area contributed by atoms with Crippen molar-refractivity contribution in [3.63, 3.8) is 0 Å². The van der Waals surface area contributed by atoms with E-state index in [2.05, 4.69) is 97.6 Å². The molecule has 0 saturated carbocycles. The van der Waals surface area contributed by atoms with E-state index in [1.807, 2.05) is 0 Å². The van der Waals surface area contributed by atoms with Gasteiger partial charge in [0.2, 0.25) is 0 Å². The molecule has 144 valence electrons. The first-order valence-corrected chi connectivity index (χ1v) is 10.3. The zero-order valence-electron chi connectivity index (χ0n) is 17.0. The topological polar surface area (TPSA) is 29.3 Å². The highest BCUT2D eigenvalue weighted by Crippen LogP contribution is 2.43. The number of anilines is 3. The first-order valence-electron chi connectivity index (χ1n) is 10.3. The molecule has 0 fully saturated rings. The summed E-state index contributed by atoms with van der Waals surface area (Å²) in [4.78, 5) is 2.34. The molecule has 0 heterocycles. The molecule has 0 aliphatic heterocycles. The van der Waals surface area contributed by atoms with Crippen molar-refractivity contribution < 1.29 is 0 Å². The van der Waals surface area contributed by atoms with Crippen molar-refractivity contribution in [1.82, 2.24) is 0 Å². The number of hydrogen-bond acceptors (Lipinski definition) is 2. The van der Waals surface area contributed by atoms with Gasteiger partial charge in [-0.1, -0.05) is 53.6 Å². The lowest BCUT2D eigenvalue weighted by Gasteiger charge is -2.26. The third-order valence-corrected chi connectivity index (χ3v) is 5.96. The molecular formula is C27H26N2. The predicted octanol–water partition coefficient (Wildman–Crippen LogP) is 6.37. The maximum Gasteiger partial charge on any atom is 0.0464 e. The van der Waals surface area contributed by atoms with Crippen LogP contribution in [-0.4, -0.2) is 6.04 Å². The maximum absolute atomic E-state index is 6.15. The molecule has 3 aromatic carbocycles. The fraction of sp³-hybridized carbons (Fsp3) is 0.185. The molecule has 2 N–H and O–H groups in total. The molecule has 3 aromatic rings. The van der Waals surface area contributed by atoms with Gasteiger partial charge in [-0.3, -0.25) is 0 Å². The number of rotatable bonds is 3. The molecule has 1 atom stereocenters. The second-order valence-corrected chi connectivity index (χ2v) is 8.23. The van der Waals surface area contributed by atoms with Gasteiger partial charge in [-0.15, -0.1) is 0 Å². The van der Waals surface area contributed by atoms with Crippen LogP contribution in [-0.2, 0) is 6.42 Å². The zero-order chi connectivity index (χ0) is 20.0. The Balaban J connectivity index is 1.61. The molecule has 29 heavy (non-hydrogen) atoms. The molecule has 0 spiro atoms. The number of benzene rings is 3. The van der Waals surface area contributed by atoms with Gasteiger partial charge in [-0.2, -0.15) is 0 Å². The van der Waals surface area contributed by atoms with Crippen LogP contribution in [0.3, 0.4) is 0 Å². The Morgan fingerprint density at radius 1 is 0.793 bits per heavy atom. The summed E-state index contributed by atoms with van der Waals surface area (Å²) in [5.74, 6) is 0. The minimum absolute atomic E-state index is 0.152. The standard InChI is InChI=1S/C27H26N2/c1-18-3-8-23(9-4-18)29(24-10-5-19(2)6-11-24)25-12-14-27-21(17-25)15-20-16-22(28)7-13-26(20)27/h3-6,8-14,16-17,22H,7,15,28H2,1-2H3. The number of nitrogens with two attached hydrogens (primary N) is 1. The third kappa shape index (κ3) is 3.30. The molecule has 2 heteroatoms. The quantitative estimate of drug-likeness (QED) is 0.574. The van der Waals surface area contributed by atoms with E-state index >= 15 is 0 Å². The molecule has 0 aromatic heterocycles. The first kappa shape index (κ1) is 18.0. The van der Waals surface area contributed by atoms with Crippen molar-refractivity contribution in [2.45, 2.75) is 32.7 Å². The fourth-order valence-electron chi connectivity index (χ4n) is 4.41. The van der Waals surface area contributed by atoms with E-state index in [0.717, 1.165) is 12.8 Å². The number of fused-ring (bicyclic) bond motifs is 3. The van der Waals surface area contributed by atoms with Crippen molar-refractivity contribution in [2.24, 2.45) is 5.73 Å². The van der Waals surface area contributed by atoms with Gasteiger partial charge < -0.3 is 10.6 Å². The molecule has 0 amide bonds. The molecule has 2 aliphatic rings. The highest BCUT2D eigenvalue weighted by Gasteiger charge is 2.25. The number of allylic oxidation sites excluding steroid dienone is 2. The largest absolute Gasteiger partial charge is 0.324 e. The van der Waals surface area contributed by atoms with Crippen LogP contribution >= 0.6 is 0 Å². The van der Waals surface area contributed by atoms with E-state index in [1.165, 1.54) is 50.5 Å². The highest BCUT2D eigenvalue weighted by atomic mass is 15.1. The van der Waals surface area contributed by atoms with Gasteiger partial charge in [0.1, 0.15) is 0 Å². The minimum Gasteiger partial charge on any atom is -0.324 e. The van der Waals surface area contributed by atoms with Gasteiger partial charge in [0.05, 0.1) is 0 Å². The highest BCUT2D eigenvalue weighted by molar-refractivity contribution is 5.89. The van der Waals surface area contributed by atoms with E-state index in [0.29, 0.717) is 0 Å². The number of nitrogens with zero attached hydrogens (tertiary/aromatic N) is 1. The summed E-state index contributed by atoms with van der Waals surface area (Å²) < 4.78 is 0. The van der Waals surface area contributed by atoms with Crippen LogP contribution in [0.25, 0.3) is 5.57 Å².